The number of rotatable bonds is 7. The van der Waals surface area contributed by atoms with Crippen LogP contribution in [0.1, 0.15) is 23.7 Å². The number of hydroxylamine groups is 2. The molecule has 2 aliphatic heterocycles. The van der Waals surface area contributed by atoms with Gasteiger partial charge in [-0.1, -0.05) is 18.2 Å². The Bertz CT molecular complexity index is 790. The molecule has 2 fully saturated rings. The second-order valence-corrected chi connectivity index (χ2v) is 7.99. The predicted molar refractivity (Wildman–Crippen MR) is 109 cm³/mol. The van der Waals surface area contributed by atoms with Crippen molar-refractivity contribution in [1.29, 1.82) is 0 Å². The molecule has 2 unspecified atom stereocenters. The Morgan fingerprint density at radius 1 is 1.30 bits per heavy atom. The monoisotopic (exact) mass is 435 g/mol. The van der Waals surface area contributed by atoms with Crippen molar-refractivity contribution >= 4 is 35.5 Å². The lowest BCUT2D eigenvalue weighted by Crippen LogP contribution is -2.53. The number of esters is 1. The lowest BCUT2D eigenvalue weighted by Gasteiger charge is -2.29. The largest absolute Gasteiger partial charge is 0.464 e. The lowest BCUT2D eigenvalue weighted by atomic mass is 10.2. The van der Waals surface area contributed by atoms with Gasteiger partial charge in [0, 0.05) is 30.0 Å². The minimum absolute atomic E-state index is 0.203. The number of hydrogen-bond donors (Lipinski definition) is 1. The average Bonchev–Trinajstić information content (AvgIpc) is 3.10. The number of nitrogens with one attached hydrogen (secondary N) is 1. The number of ether oxygens (including phenoxy) is 1. The zero-order chi connectivity index (χ0) is 21.5. The molecule has 0 bridgehead atoms. The van der Waals surface area contributed by atoms with Crippen LogP contribution in [0.4, 0.5) is 0 Å². The van der Waals surface area contributed by atoms with Gasteiger partial charge in [-0.25, -0.2) is 9.86 Å². The summed E-state index contributed by atoms with van der Waals surface area (Å²) in [5.74, 6) is -0.615. The van der Waals surface area contributed by atoms with E-state index in [1.165, 1.54) is 16.7 Å². The molecule has 0 aliphatic carbocycles. The molecule has 30 heavy (non-hydrogen) atoms. The van der Waals surface area contributed by atoms with E-state index in [0.717, 1.165) is 5.06 Å². The van der Waals surface area contributed by atoms with Gasteiger partial charge in [-0.2, -0.15) is 11.8 Å². The second kappa shape index (κ2) is 10.4. The molecule has 1 N–H and O–H groups in total. The molecule has 0 aromatic heterocycles. The van der Waals surface area contributed by atoms with Crippen molar-refractivity contribution in [3.8, 4) is 0 Å². The summed E-state index contributed by atoms with van der Waals surface area (Å²) in [4.78, 5) is 57.0. The van der Waals surface area contributed by atoms with Gasteiger partial charge in [0.2, 0.25) is 5.91 Å². The molecule has 162 valence electrons. The van der Waals surface area contributed by atoms with Gasteiger partial charge < -0.3 is 15.0 Å². The topological polar surface area (TPSA) is 105 Å². The summed E-state index contributed by atoms with van der Waals surface area (Å²) in [6, 6.07) is 7.11. The van der Waals surface area contributed by atoms with Gasteiger partial charge in [-0.15, -0.1) is 0 Å². The maximum absolute atomic E-state index is 13.0. The van der Waals surface area contributed by atoms with Crippen LogP contribution in [0.3, 0.4) is 0 Å². The van der Waals surface area contributed by atoms with E-state index in [9.17, 15) is 19.2 Å². The van der Waals surface area contributed by atoms with Crippen molar-refractivity contribution in [2.75, 3.05) is 37.8 Å². The SMILES string of the molecule is CCON(C(=O)CN1CCSCC(NC(=O)c2ccccc2)C1=O)C1CCOC1=O. The van der Waals surface area contributed by atoms with Crippen molar-refractivity contribution in [2.45, 2.75) is 25.4 Å². The van der Waals surface area contributed by atoms with E-state index < -0.39 is 24.0 Å². The predicted octanol–water partition coefficient (Wildman–Crippen LogP) is 0.456. The van der Waals surface area contributed by atoms with Crippen LogP contribution in [0.2, 0.25) is 0 Å². The van der Waals surface area contributed by atoms with E-state index in [0.29, 0.717) is 30.0 Å². The summed E-state index contributed by atoms with van der Waals surface area (Å²) >= 11 is 1.53. The van der Waals surface area contributed by atoms with Crippen molar-refractivity contribution in [3.63, 3.8) is 0 Å². The third kappa shape index (κ3) is 5.31. The van der Waals surface area contributed by atoms with Crippen molar-refractivity contribution < 1.29 is 28.8 Å². The number of amides is 3. The first-order chi connectivity index (χ1) is 14.5. The third-order valence-corrected chi connectivity index (χ3v) is 5.81. The highest BCUT2D eigenvalue weighted by Gasteiger charge is 2.38. The Labute approximate surface area is 179 Å². The third-order valence-electron chi connectivity index (χ3n) is 4.77. The molecular weight excluding hydrogens is 410 g/mol. The fraction of sp³-hybridized carbons (Fsp3) is 0.500. The quantitative estimate of drug-likeness (QED) is 0.490. The van der Waals surface area contributed by atoms with Crippen LogP contribution in [0, 0.1) is 0 Å². The maximum Gasteiger partial charge on any atom is 0.331 e. The highest BCUT2D eigenvalue weighted by molar-refractivity contribution is 7.99. The number of benzene rings is 1. The smallest absolute Gasteiger partial charge is 0.331 e. The van der Waals surface area contributed by atoms with Crippen molar-refractivity contribution in [2.24, 2.45) is 0 Å². The van der Waals surface area contributed by atoms with Crippen LogP contribution in [-0.2, 0) is 24.0 Å². The first-order valence-electron chi connectivity index (χ1n) is 9.85. The van der Waals surface area contributed by atoms with Gasteiger partial charge in [0.1, 0.15) is 12.6 Å². The molecule has 2 aliphatic rings. The molecule has 0 saturated carbocycles. The van der Waals surface area contributed by atoms with Gasteiger partial charge >= 0.3 is 5.97 Å². The number of thioether (sulfide) groups is 1. The second-order valence-electron chi connectivity index (χ2n) is 6.84. The summed E-state index contributed by atoms with van der Waals surface area (Å²) in [6.45, 7) is 2.27. The van der Waals surface area contributed by atoms with E-state index in [-0.39, 0.29) is 31.6 Å². The fourth-order valence-corrected chi connectivity index (χ4v) is 4.25. The van der Waals surface area contributed by atoms with Crippen LogP contribution in [0.25, 0.3) is 0 Å². The van der Waals surface area contributed by atoms with E-state index in [2.05, 4.69) is 5.32 Å². The van der Waals surface area contributed by atoms with Crippen LogP contribution >= 0.6 is 11.8 Å². The van der Waals surface area contributed by atoms with Gasteiger partial charge in [0.25, 0.3) is 11.8 Å². The first kappa shape index (κ1) is 22.1. The highest BCUT2D eigenvalue weighted by atomic mass is 32.2. The Morgan fingerprint density at radius 2 is 2.07 bits per heavy atom. The minimum Gasteiger partial charge on any atom is -0.464 e. The first-order valence-corrected chi connectivity index (χ1v) is 11.0. The normalized spacial score (nSPS) is 21.7. The van der Waals surface area contributed by atoms with Crippen molar-refractivity contribution in [3.05, 3.63) is 35.9 Å². The van der Waals surface area contributed by atoms with Crippen LogP contribution in [-0.4, -0.2) is 83.5 Å². The molecule has 2 heterocycles. The number of nitrogens with zero attached hydrogens (tertiary/aromatic N) is 2. The molecule has 2 saturated heterocycles. The van der Waals surface area contributed by atoms with Crippen LogP contribution in [0.5, 0.6) is 0 Å². The molecule has 10 heteroatoms. The maximum atomic E-state index is 13.0. The Kier molecular flexibility index (Phi) is 7.69. The summed E-state index contributed by atoms with van der Waals surface area (Å²) in [5.41, 5.74) is 0.462. The minimum atomic E-state index is -0.803. The van der Waals surface area contributed by atoms with Gasteiger partial charge in [0.05, 0.1) is 13.2 Å². The van der Waals surface area contributed by atoms with E-state index in [1.807, 2.05) is 0 Å². The average molecular weight is 436 g/mol. The summed E-state index contributed by atoms with van der Waals surface area (Å²) in [7, 11) is 0. The summed E-state index contributed by atoms with van der Waals surface area (Å²) in [6.07, 6.45) is 0.351. The molecule has 2 atom stereocenters. The zero-order valence-electron chi connectivity index (χ0n) is 16.7. The van der Waals surface area contributed by atoms with E-state index in [1.54, 1.807) is 37.3 Å². The fourth-order valence-electron chi connectivity index (χ4n) is 3.28. The molecule has 0 spiro atoms. The zero-order valence-corrected chi connectivity index (χ0v) is 17.6. The standard InChI is InChI=1S/C20H25N3O6S/c1-2-29-23(16-8-10-28-20(16)27)17(24)12-22-9-11-30-13-15(19(22)26)21-18(25)14-6-4-3-5-7-14/h3-7,15-16H,2,8-13H2,1H3,(H,21,25). The molecule has 1 aromatic rings. The molecule has 9 nitrogen and oxygen atoms in total. The number of cyclic esters (lactones) is 1. The molecule has 0 radical (unpaired) electrons. The van der Waals surface area contributed by atoms with Crippen LogP contribution in [0.15, 0.2) is 30.3 Å². The summed E-state index contributed by atoms with van der Waals surface area (Å²) in [5, 5.41) is 3.79. The molecule has 3 amide bonds. The Balaban J connectivity index is 1.66. The van der Waals surface area contributed by atoms with Crippen molar-refractivity contribution in [1.82, 2.24) is 15.3 Å². The highest BCUT2D eigenvalue weighted by Crippen LogP contribution is 2.17. The number of carbonyl (C=O) groups excluding carboxylic acids is 4. The van der Waals surface area contributed by atoms with Gasteiger partial charge in [-0.3, -0.25) is 19.2 Å². The van der Waals surface area contributed by atoms with E-state index >= 15 is 0 Å². The lowest BCUT2D eigenvalue weighted by molar-refractivity contribution is -0.202. The Morgan fingerprint density at radius 3 is 2.73 bits per heavy atom. The Hall–Kier alpha value is -2.59. The molecule has 1 aromatic carbocycles. The van der Waals surface area contributed by atoms with E-state index in [4.69, 9.17) is 9.57 Å². The number of carbonyl (C=O) groups is 4. The molecule has 3 rings (SSSR count). The number of hydrogen-bond acceptors (Lipinski definition) is 7. The van der Waals surface area contributed by atoms with Crippen LogP contribution < -0.4 is 5.32 Å². The molecular formula is C20H25N3O6S. The van der Waals surface area contributed by atoms with Gasteiger partial charge in [-0.05, 0) is 19.1 Å². The van der Waals surface area contributed by atoms with Gasteiger partial charge in [0.15, 0.2) is 6.04 Å². The summed E-state index contributed by atoms with van der Waals surface area (Å²) < 4.78 is 4.93.